The number of rotatable bonds is 2. The number of imidazole rings is 1. The molecule has 1 aliphatic heterocycles. The second-order valence-electron chi connectivity index (χ2n) is 5.45. The molecule has 0 aliphatic carbocycles. The van der Waals surface area contributed by atoms with E-state index in [1.54, 1.807) is 16.7 Å². The first-order valence-corrected chi connectivity index (χ1v) is 6.70. The smallest absolute Gasteiger partial charge is 0.306 e. The van der Waals surface area contributed by atoms with Gasteiger partial charge >= 0.3 is 5.69 Å². The number of likely N-dealkylation sites (tertiary alicyclic amines) is 1. The highest BCUT2D eigenvalue weighted by Gasteiger charge is 2.20. The lowest BCUT2D eigenvalue weighted by Gasteiger charge is -2.29. The quantitative estimate of drug-likeness (QED) is 0.897. The number of aromatic nitrogens is 2. The van der Waals surface area contributed by atoms with Gasteiger partial charge in [0, 0.05) is 13.1 Å². The van der Waals surface area contributed by atoms with E-state index in [1.165, 1.54) is 6.07 Å². The van der Waals surface area contributed by atoms with Crippen LogP contribution in [-0.4, -0.2) is 34.6 Å². The Morgan fingerprint density at radius 2 is 2.32 bits per heavy atom. The second-order valence-corrected chi connectivity index (χ2v) is 5.45. The zero-order valence-corrected chi connectivity index (χ0v) is 11.0. The third kappa shape index (κ3) is 2.30. The average molecular weight is 263 g/mol. The summed E-state index contributed by atoms with van der Waals surface area (Å²) in [5.41, 5.74) is 0.767. The third-order valence-electron chi connectivity index (χ3n) is 3.92. The van der Waals surface area contributed by atoms with Gasteiger partial charge in [-0.15, -0.1) is 0 Å². The lowest BCUT2D eigenvalue weighted by molar-refractivity contribution is 0.194. The number of hydrogen-bond acceptors (Lipinski definition) is 2. The Bertz CT molecular complexity index is 646. The molecule has 1 saturated heterocycles. The SMILES string of the molecule is CN1CCCC(Cn2c(=O)[nH]c3c(F)cccc32)C1. The monoisotopic (exact) mass is 263 g/mol. The predicted octanol–water partition coefficient (Wildman–Crippen LogP) is 1.81. The summed E-state index contributed by atoms with van der Waals surface area (Å²) in [4.78, 5) is 16.9. The second kappa shape index (κ2) is 4.81. The van der Waals surface area contributed by atoms with Gasteiger partial charge in [0.2, 0.25) is 0 Å². The summed E-state index contributed by atoms with van der Waals surface area (Å²) in [6.45, 7) is 2.77. The number of piperidine rings is 1. The fourth-order valence-corrected chi connectivity index (χ4v) is 3.01. The normalized spacial score (nSPS) is 21.1. The van der Waals surface area contributed by atoms with E-state index in [1.807, 2.05) is 0 Å². The van der Waals surface area contributed by atoms with Crippen LogP contribution >= 0.6 is 0 Å². The van der Waals surface area contributed by atoms with Crippen LogP contribution in [0.15, 0.2) is 23.0 Å². The number of benzene rings is 1. The van der Waals surface area contributed by atoms with E-state index in [-0.39, 0.29) is 11.5 Å². The first-order chi connectivity index (χ1) is 9.15. The molecule has 2 aromatic rings. The topological polar surface area (TPSA) is 41.0 Å². The molecule has 2 heterocycles. The summed E-state index contributed by atoms with van der Waals surface area (Å²) in [6.07, 6.45) is 2.28. The van der Waals surface area contributed by atoms with Crippen molar-refractivity contribution >= 4 is 11.0 Å². The largest absolute Gasteiger partial charge is 0.326 e. The summed E-state index contributed by atoms with van der Waals surface area (Å²) < 4.78 is 15.3. The van der Waals surface area contributed by atoms with Crippen molar-refractivity contribution in [2.24, 2.45) is 5.92 Å². The number of para-hydroxylation sites is 1. The number of hydrogen-bond donors (Lipinski definition) is 1. The molecule has 4 nitrogen and oxygen atoms in total. The highest BCUT2D eigenvalue weighted by molar-refractivity contribution is 5.75. The highest BCUT2D eigenvalue weighted by Crippen LogP contribution is 2.19. The van der Waals surface area contributed by atoms with E-state index in [9.17, 15) is 9.18 Å². The van der Waals surface area contributed by atoms with E-state index in [0.717, 1.165) is 25.9 Å². The molecule has 19 heavy (non-hydrogen) atoms. The van der Waals surface area contributed by atoms with Gasteiger partial charge in [-0.3, -0.25) is 4.57 Å². The molecule has 1 N–H and O–H groups in total. The van der Waals surface area contributed by atoms with Crippen molar-refractivity contribution in [3.63, 3.8) is 0 Å². The fourth-order valence-electron chi connectivity index (χ4n) is 3.01. The Morgan fingerprint density at radius 3 is 3.11 bits per heavy atom. The Hall–Kier alpha value is -1.62. The van der Waals surface area contributed by atoms with Crippen molar-refractivity contribution in [2.45, 2.75) is 19.4 Å². The third-order valence-corrected chi connectivity index (χ3v) is 3.92. The van der Waals surface area contributed by atoms with Crippen molar-refractivity contribution in [1.82, 2.24) is 14.5 Å². The van der Waals surface area contributed by atoms with Crippen molar-refractivity contribution in [2.75, 3.05) is 20.1 Å². The molecule has 1 fully saturated rings. The first kappa shape index (κ1) is 12.4. The average Bonchev–Trinajstić information content (AvgIpc) is 2.69. The van der Waals surface area contributed by atoms with Crippen LogP contribution in [-0.2, 0) is 6.54 Å². The molecule has 0 radical (unpaired) electrons. The van der Waals surface area contributed by atoms with Gasteiger partial charge in [0.05, 0.1) is 5.52 Å². The summed E-state index contributed by atoms with van der Waals surface area (Å²) in [6, 6.07) is 4.81. The Kier molecular flexibility index (Phi) is 3.14. The van der Waals surface area contributed by atoms with Crippen LogP contribution < -0.4 is 5.69 Å². The molecule has 1 aliphatic rings. The van der Waals surface area contributed by atoms with Crippen LogP contribution in [0, 0.1) is 11.7 Å². The molecule has 1 atom stereocenters. The molecule has 1 aromatic carbocycles. The Morgan fingerprint density at radius 1 is 1.47 bits per heavy atom. The minimum Gasteiger partial charge on any atom is -0.306 e. The number of nitrogens with one attached hydrogen (secondary N) is 1. The number of H-pyrrole nitrogens is 1. The summed E-state index contributed by atoms with van der Waals surface area (Å²) in [7, 11) is 2.10. The number of halogens is 1. The van der Waals surface area contributed by atoms with Gasteiger partial charge in [-0.25, -0.2) is 9.18 Å². The number of nitrogens with zero attached hydrogens (tertiary/aromatic N) is 2. The van der Waals surface area contributed by atoms with Gasteiger partial charge < -0.3 is 9.88 Å². The molecule has 1 aromatic heterocycles. The Balaban J connectivity index is 1.94. The summed E-state index contributed by atoms with van der Waals surface area (Å²) >= 11 is 0. The molecule has 0 amide bonds. The summed E-state index contributed by atoms with van der Waals surface area (Å²) in [5, 5.41) is 0. The molecule has 0 spiro atoms. The van der Waals surface area contributed by atoms with Gasteiger partial charge in [0.25, 0.3) is 0 Å². The van der Waals surface area contributed by atoms with Crippen LogP contribution in [0.4, 0.5) is 4.39 Å². The minimum atomic E-state index is -0.367. The minimum absolute atomic E-state index is 0.215. The Labute approximate surface area is 110 Å². The molecular formula is C14H18FN3O. The van der Waals surface area contributed by atoms with Gasteiger partial charge in [-0.2, -0.15) is 0 Å². The molecule has 102 valence electrons. The maximum absolute atomic E-state index is 13.6. The van der Waals surface area contributed by atoms with Gasteiger partial charge in [0.1, 0.15) is 11.3 Å². The van der Waals surface area contributed by atoms with Crippen molar-refractivity contribution in [3.8, 4) is 0 Å². The van der Waals surface area contributed by atoms with Gasteiger partial charge in [-0.1, -0.05) is 6.07 Å². The van der Waals surface area contributed by atoms with Crippen LogP contribution in [0.3, 0.4) is 0 Å². The highest BCUT2D eigenvalue weighted by atomic mass is 19.1. The van der Waals surface area contributed by atoms with Crippen molar-refractivity contribution in [1.29, 1.82) is 0 Å². The van der Waals surface area contributed by atoms with Gasteiger partial charge in [-0.05, 0) is 44.5 Å². The van der Waals surface area contributed by atoms with E-state index in [2.05, 4.69) is 16.9 Å². The van der Waals surface area contributed by atoms with Crippen LogP contribution in [0.1, 0.15) is 12.8 Å². The molecule has 3 rings (SSSR count). The van der Waals surface area contributed by atoms with E-state index >= 15 is 0 Å². The molecule has 1 unspecified atom stereocenters. The summed E-state index contributed by atoms with van der Waals surface area (Å²) in [5.74, 6) is 0.0906. The van der Waals surface area contributed by atoms with Crippen molar-refractivity contribution in [3.05, 3.63) is 34.5 Å². The molecular weight excluding hydrogens is 245 g/mol. The van der Waals surface area contributed by atoms with Crippen molar-refractivity contribution < 1.29 is 4.39 Å². The zero-order valence-electron chi connectivity index (χ0n) is 11.0. The zero-order chi connectivity index (χ0) is 13.4. The molecule has 0 saturated carbocycles. The van der Waals surface area contributed by atoms with E-state index in [4.69, 9.17) is 0 Å². The molecule has 0 bridgehead atoms. The van der Waals surface area contributed by atoms with E-state index in [0.29, 0.717) is 23.5 Å². The van der Waals surface area contributed by atoms with Crippen LogP contribution in [0.2, 0.25) is 0 Å². The maximum atomic E-state index is 13.6. The van der Waals surface area contributed by atoms with Crippen LogP contribution in [0.25, 0.3) is 11.0 Å². The molecule has 5 heteroatoms. The standard InChI is InChI=1S/C14H18FN3O/c1-17-7-3-4-10(8-17)9-18-12-6-2-5-11(15)13(12)16-14(18)19/h2,5-6,10H,3-4,7-9H2,1H3,(H,16,19). The van der Waals surface area contributed by atoms with E-state index < -0.39 is 0 Å². The lowest BCUT2D eigenvalue weighted by Crippen LogP contribution is -2.35. The number of fused-ring (bicyclic) bond motifs is 1. The van der Waals surface area contributed by atoms with Gasteiger partial charge in [0.15, 0.2) is 0 Å². The maximum Gasteiger partial charge on any atom is 0.326 e. The number of aromatic amines is 1. The predicted molar refractivity (Wildman–Crippen MR) is 72.7 cm³/mol. The first-order valence-electron chi connectivity index (χ1n) is 6.70. The lowest BCUT2D eigenvalue weighted by atomic mass is 9.98. The van der Waals surface area contributed by atoms with Crippen LogP contribution in [0.5, 0.6) is 0 Å². The fraction of sp³-hybridized carbons (Fsp3) is 0.500.